The van der Waals surface area contributed by atoms with Crippen molar-refractivity contribution < 1.29 is 4.79 Å². The fraction of sp³-hybridized carbons (Fsp3) is 0.308. The summed E-state index contributed by atoms with van der Waals surface area (Å²) in [5.41, 5.74) is 2.85. The number of hydrogen-bond acceptors (Lipinski definition) is 3. The summed E-state index contributed by atoms with van der Waals surface area (Å²) in [6.07, 6.45) is 5.90. The highest BCUT2D eigenvalue weighted by molar-refractivity contribution is 6.36. The molecular weight excluding hydrogens is 455 g/mol. The minimum absolute atomic E-state index is 0.170. The first-order valence-corrected chi connectivity index (χ1v) is 12.0. The summed E-state index contributed by atoms with van der Waals surface area (Å²) >= 11 is 12.2. The SMILES string of the molecule is Cc1ccc(CN(CCCCCCNc2ccccn2)C(=O)Nc2ccc(Cl)cc2Cl)cc1. The van der Waals surface area contributed by atoms with Crippen molar-refractivity contribution in [1.29, 1.82) is 0 Å². The molecule has 3 aromatic rings. The minimum Gasteiger partial charge on any atom is -0.370 e. The average molecular weight is 485 g/mol. The van der Waals surface area contributed by atoms with E-state index in [2.05, 4.69) is 46.8 Å². The van der Waals surface area contributed by atoms with Crippen LogP contribution in [0.15, 0.2) is 66.9 Å². The van der Waals surface area contributed by atoms with E-state index >= 15 is 0 Å². The number of pyridine rings is 1. The van der Waals surface area contributed by atoms with Crippen molar-refractivity contribution in [2.24, 2.45) is 0 Å². The van der Waals surface area contributed by atoms with Gasteiger partial charge in [0.05, 0.1) is 10.7 Å². The van der Waals surface area contributed by atoms with Crippen molar-refractivity contribution in [2.75, 3.05) is 23.7 Å². The first-order chi connectivity index (χ1) is 16.0. The maximum Gasteiger partial charge on any atom is 0.322 e. The molecule has 5 nitrogen and oxygen atoms in total. The van der Waals surface area contributed by atoms with E-state index in [1.54, 1.807) is 24.4 Å². The van der Waals surface area contributed by atoms with Crippen LogP contribution in [0.25, 0.3) is 0 Å². The minimum atomic E-state index is -0.170. The van der Waals surface area contributed by atoms with Gasteiger partial charge in [-0.2, -0.15) is 0 Å². The van der Waals surface area contributed by atoms with Crippen molar-refractivity contribution in [1.82, 2.24) is 9.88 Å². The molecule has 2 aromatic carbocycles. The average Bonchev–Trinajstić information content (AvgIpc) is 2.81. The summed E-state index contributed by atoms with van der Waals surface area (Å²) in [6.45, 7) is 4.15. The van der Waals surface area contributed by atoms with Crippen molar-refractivity contribution in [3.05, 3.63) is 88.0 Å². The Bertz CT molecular complexity index is 1010. The number of carbonyl (C=O) groups excluding carboxylic acids is 1. The summed E-state index contributed by atoms with van der Waals surface area (Å²) in [5.74, 6) is 0.902. The third-order valence-corrected chi connectivity index (χ3v) is 5.83. The van der Waals surface area contributed by atoms with Gasteiger partial charge in [0, 0.05) is 30.9 Å². The van der Waals surface area contributed by atoms with E-state index in [1.807, 2.05) is 23.1 Å². The van der Waals surface area contributed by atoms with Crippen molar-refractivity contribution in [3.63, 3.8) is 0 Å². The van der Waals surface area contributed by atoms with Crippen LogP contribution in [0.1, 0.15) is 36.8 Å². The molecule has 0 radical (unpaired) electrons. The van der Waals surface area contributed by atoms with Crippen LogP contribution in [0.3, 0.4) is 0 Å². The normalized spacial score (nSPS) is 10.6. The molecular formula is C26H30Cl2N4O. The van der Waals surface area contributed by atoms with Crippen LogP contribution in [0.2, 0.25) is 10.0 Å². The van der Waals surface area contributed by atoms with Crippen LogP contribution in [-0.4, -0.2) is 29.0 Å². The number of rotatable bonds is 11. The molecule has 174 valence electrons. The molecule has 0 unspecified atom stereocenters. The van der Waals surface area contributed by atoms with Gasteiger partial charge in [0.25, 0.3) is 0 Å². The second kappa shape index (κ2) is 13.1. The van der Waals surface area contributed by atoms with E-state index in [9.17, 15) is 4.79 Å². The van der Waals surface area contributed by atoms with E-state index in [0.717, 1.165) is 43.6 Å². The van der Waals surface area contributed by atoms with Crippen molar-refractivity contribution in [2.45, 2.75) is 39.2 Å². The molecule has 1 aromatic heterocycles. The molecule has 7 heteroatoms. The van der Waals surface area contributed by atoms with Gasteiger partial charge in [-0.25, -0.2) is 9.78 Å². The molecule has 0 aliphatic rings. The van der Waals surface area contributed by atoms with E-state index in [4.69, 9.17) is 23.2 Å². The van der Waals surface area contributed by atoms with Crippen LogP contribution >= 0.6 is 23.2 Å². The number of nitrogens with one attached hydrogen (secondary N) is 2. The predicted molar refractivity (Wildman–Crippen MR) is 138 cm³/mol. The summed E-state index contributed by atoms with van der Waals surface area (Å²) in [7, 11) is 0. The zero-order chi connectivity index (χ0) is 23.5. The number of carbonyl (C=O) groups is 1. The highest BCUT2D eigenvalue weighted by Crippen LogP contribution is 2.26. The topological polar surface area (TPSA) is 57.3 Å². The number of amides is 2. The monoisotopic (exact) mass is 484 g/mol. The first kappa shape index (κ1) is 24.9. The molecule has 2 N–H and O–H groups in total. The second-order valence-corrected chi connectivity index (χ2v) is 8.86. The molecule has 33 heavy (non-hydrogen) atoms. The van der Waals surface area contributed by atoms with Crippen LogP contribution in [0, 0.1) is 6.92 Å². The van der Waals surface area contributed by atoms with Gasteiger partial charge in [0.1, 0.15) is 5.82 Å². The number of halogens is 2. The quantitative estimate of drug-likeness (QED) is 0.278. The summed E-state index contributed by atoms with van der Waals surface area (Å²) in [4.78, 5) is 19.2. The number of aromatic nitrogens is 1. The molecule has 0 aliphatic heterocycles. The van der Waals surface area contributed by atoms with E-state index < -0.39 is 0 Å². The van der Waals surface area contributed by atoms with Crippen molar-refractivity contribution in [3.8, 4) is 0 Å². The second-order valence-electron chi connectivity index (χ2n) is 8.02. The number of urea groups is 1. The van der Waals surface area contributed by atoms with Crippen LogP contribution in [0.5, 0.6) is 0 Å². The Kier molecular flexibility index (Phi) is 9.85. The van der Waals surface area contributed by atoms with Crippen molar-refractivity contribution >= 4 is 40.7 Å². The smallest absolute Gasteiger partial charge is 0.322 e. The highest BCUT2D eigenvalue weighted by atomic mass is 35.5. The maximum atomic E-state index is 13.1. The summed E-state index contributed by atoms with van der Waals surface area (Å²) in [6, 6.07) is 19.0. The van der Waals surface area contributed by atoms with Gasteiger partial charge in [-0.05, 0) is 55.7 Å². The largest absolute Gasteiger partial charge is 0.370 e. The Morgan fingerprint density at radius 2 is 1.76 bits per heavy atom. The van der Waals surface area contributed by atoms with Crippen LogP contribution in [-0.2, 0) is 6.54 Å². The molecule has 2 amide bonds. The molecule has 1 heterocycles. The van der Waals surface area contributed by atoms with Gasteiger partial charge in [0.2, 0.25) is 0 Å². The van der Waals surface area contributed by atoms with Gasteiger partial charge in [-0.3, -0.25) is 0 Å². The fourth-order valence-corrected chi connectivity index (χ4v) is 3.87. The zero-order valence-corrected chi connectivity index (χ0v) is 20.4. The fourth-order valence-electron chi connectivity index (χ4n) is 3.42. The molecule has 0 atom stereocenters. The zero-order valence-electron chi connectivity index (χ0n) is 18.9. The van der Waals surface area contributed by atoms with Gasteiger partial charge in [-0.15, -0.1) is 0 Å². The number of nitrogens with zero attached hydrogens (tertiary/aromatic N) is 2. The lowest BCUT2D eigenvalue weighted by atomic mass is 10.1. The Labute approximate surface area is 206 Å². The number of unbranched alkanes of at least 4 members (excludes halogenated alkanes) is 3. The third kappa shape index (κ3) is 8.60. The molecule has 0 saturated carbocycles. The van der Waals surface area contributed by atoms with Crippen LogP contribution in [0.4, 0.5) is 16.3 Å². The molecule has 0 saturated heterocycles. The molecule has 0 fully saturated rings. The predicted octanol–water partition coefficient (Wildman–Crippen LogP) is 7.40. The van der Waals surface area contributed by atoms with Gasteiger partial charge >= 0.3 is 6.03 Å². The van der Waals surface area contributed by atoms with Gasteiger partial charge < -0.3 is 15.5 Å². The Hall–Kier alpha value is -2.76. The molecule has 0 bridgehead atoms. The maximum absolute atomic E-state index is 13.1. The standard InChI is InChI=1S/C26H30Cl2N4O/c1-20-9-11-21(12-10-20)19-32(26(33)31-24-14-13-22(27)18-23(24)28)17-7-3-2-5-15-29-25-8-4-6-16-30-25/h4,6,8-14,16,18H,2-3,5,7,15,17,19H2,1H3,(H,29,30)(H,31,33). The van der Waals surface area contributed by atoms with E-state index in [1.165, 1.54) is 5.56 Å². The Balaban J connectivity index is 1.50. The molecule has 3 rings (SSSR count). The van der Waals surface area contributed by atoms with E-state index in [-0.39, 0.29) is 6.03 Å². The van der Waals surface area contributed by atoms with Crippen LogP contribution < -0.4 is 10.6 Å². The number of aryl methyl sites for hydroxylation is 1. The number of hydrogen-bond donors (Lipinski definition) is 2. The summed E-state index contributed by atoms with van der Waals surface area (Å²) in [5, 5.41) is 7.21. The molecule has 0 aliphatic carbocycles. The van der Waals surface area contributed by atoms with Gasteiger partial charge in [0.15, 0.2) is 0 Å². The van der Waals surface area contributed by atoms with E-state index in [0.29, 0.717) is 28.8 Å². The first-order valence-electron chi connectivity index (χ1n) is 11.2. The third-order valence-electron chi connectivity index (χ3n) is 5.28. The number of benzene rings is 2. The summed E-state index contributed by atoms with van der Waals surface area (Å²) < 4.78 is 0. The number of anilines is 2. The lowest BCUT2D eigenvalue weighted by Crippen LogP contribution is -2.35. The molecule has 0 spiro atoms. The highest BCUT2D eigenvalue weighted by Gasteiger charge is 2.15. The lowest BCUT2D eigenvalue weighted by Gasteiger charge is -2.24. The van der Waals surface area contributed by atoms with Gasteiger partial charge in [-0.1, -0.05) is 71.9 Å². The lowest BCUT2D eigenvalue weighted by molar-refractivity contribution is 0.207. The Morgan fingerprint density at radius 1 is 0.970 bits per heavy atom. The Morgan fingerprint density at radius 3 is 2.48 bits per heavy atom.